The van der Waals surface area contributed by atoms with Gasteiger partial charge in [-0.1, -0.05) is 218 Å². The number of fused-ring (bicyclic) bond motifs is 6. The maximum Gasteiger partial charge on any atom is 0.0619 e. The molecular formula is C60H40N2. The van der Waals surface area contributed by atoms with Crippen molar-refractivity contribution in [1.82, 2.24) is 0 Å². The highest BCUT2D eigenvalue weighted by Crippen LogP contribution is 2.56. The molecular weight excluding hydrogens is 749 g/mol. The van der Waals surface area contributed by atoms with Gasteiger partial charge in [-0.05, 0) is 72.4 Å². The van der Waals surface area contributed by atoms with Gasteiger partial charge in [-0.3, -0.25) is 0 Å². The standard InChI is InChI=1S/C60H40N2/c61-59-49-32-14-11-29-46(49)56(47-30-12-15-33-50(47)59)57-48-31-13-16-34-51(48)60(52-38-37-45(41-19-3-1-4-20-41)55(58(52)57)42-23-5-2-6-24-42)62(53-35-17-25-39-21-7-9-27-43(39)53)54-36-18-26-40-22-8-10-28-44(40)54/h1-38H,61H2. The summed E-state index contributed by atoms with van der Waals surface area (Å²) >= 11 is 0. The highest BCUT2D eigenvalue weighted by Gasteiger charge is 2.29. The van der Waals surface area contributed by atoms with E-state index in [1.54, 1.807) is 0 Å². The lowest BCUT2D eigenvalue weighted by atomic mass is 9.80. The van der Waals surface area contributed by atoms with Crippen molar-refractivity contribution in [2.75, 3.05) is 10.6 Å². The van der Waals surface area contributed by atoms with E-state index in [1.807, 2.05) is 0 Å². The fourth-order valence-electron chi connectivity index (χ4n) is 10.1. The molecule has 2 heteroatoms. The van der Waals surface area contributed by atoms with Crippen LogP contribution in [0.3, 0.4) is 0 Å². The molecule has 0 saturated carbocycles. The van der Waals surface area contributed by atoms with Crippen LogP contribution in [0.15, 0.2) is 231 Å². The normalized spacial score (nSPS) is 11.6. The van der Waals surface area contributed by atoms with E-state index in [2.05, 4.69) is 235 Å². The maximum absolute atomic E-state index is 7.12. The van der Waals surface area contributed by atoms with Gasteiger partial charge in [-0.2, -0.15) is 0 Å². The van der Waals surface area contributed by atoms with Crippen LogP contribution in [0.25, 0.3) is 98.0 Å². The molecule has 0 fully saturated rings. The number of anilines is 4. The van der Waals surface area contributed by atoms with Crippen molar-refractivity contribution < 1.29 is 0 Å². The Morgan fingerprint density at radius 2 is 0.694 bits per heavy atom. The van der Waals surface area contributed by atoms with Crippen molar-refractivity contribution in [2.24, 2.45) is 0 Å². The number of nitrogens with two attached hydrogens (primary N) is 1. The summed E-state index contributed by atoms with van der Waals surface area (Å²) in [5, 5.41) is 13.8. The molecule has 0 spiro atoms. The van der Waals surface area contributed by atoms with Crippen LogP contribution in [-0.4, -0.2) is 0 Å². The Kier molecular flexibility index (Phi) is 8.36. The van der Waals surface area contributed by atoms with Crippen molar-refractivity contribution in [3.05, 3.63) is 231 Å². The van der Waals surface area contributed by atoms with Gasteiger partial charge in [-0.25, -0.2) is 0 Å². The summed E-state index contributed by atoms with van der Waals surface area (Å²) in [4.78, 5) is 2.55. The fraction of sp³-hybridized carbons (Fsp3) is 0. The second-order valence-electron chi connectivity index (χ2n) is 16.1. The molecule has 12 aromatic rings. The second kappa shape index (κ2) is 14.5. The van der Waals surface area contributed by atoms with Gasteiger partial charge in [0.25, 0.3) is 0 Å². The third-order valence-electron chi connectivity index (χ3n) is 12.8. The first-order valence-electron chi connectivity index (χ1n) is 21.3. The molecule has 0 unspecified atom stereocenters. The van der Waals surface area contributed by atoms with E-state index in [0.717, 1.165) is 60.6 Å². The van der Waals surface area contributed by atoms with Crippen molar-refractivity contribution >= 4 is 87.4 Å². The van der Waals surface area contributed by atoms with Crippen molar-refractivity contribution in [3.63, 3.8) is 0 Å². The van der Waals surface area contributed by atoms with E-state index in [0.29, 0.717) is 0 Å². The van der Waals surface area contributed by atoms with E-state index in [9.17, 15) is 0 Å². The third kappa shape index (κ3) is 5.51. The smallest absolute Gasteiger partial charge is 0.0619 e. The van der Waals surface area contributed by atoms with Crippen molar-refractivity contribution in [1.29, 1.82) is 0 Å². The Morgan fingerprint density at radius 3 is 1.24 bits per heavy atom. The molecule has 0 aromatic heterocycles. The lowest BCUT2D eigenvalue weighted by Crippen LogP contribution is -2.13. The molecule has 0 aliphatic carbocycles. The highest BCUT2D eigenvalue weighted by molar-refractivity contribution is 6.33. The zero-order valence-electron chi connectivity index (χ0n) is 34.0. The third-order valence-corrected chi connectivity index (χ3v) is 12.8. The lowest BCUT2D eigenvalue weighted by molar-refractivity contribution is 1.34. The molecule has 0 radical (unpaired) electrons. The molecule has 0 amide bonds. The summed E-state index contributed by atoms with van der Waals surface area (Å²) in [5.74, 6) is 0. The van der Waals surface area contributed by atoms with Crippen LogP contribution in [0.1, 0.15) is 0 Å². The topological polar surface area (TPSA) is 29.3 Å². The lowest BCUT2D eigenvalue weighted by Gasteiger charge is -2.32. The first-order chi connectivity index (χ1) is 30.7. The Morgan fingerprint density at radius 1 is 0.274 bits per heavy atom. The van der Waals surface area contributed by atoms with Crippen LogP contribution in [0.5, 0.6) is 0 Å². The molecule has 2 nitrogen and oxygen atoms in total. The zero-order chi connectivity index (χ0) is 41.1. The fourth-order valence-corrected chi connectivity index (χ4v) is 10.1. The Labute approximate surface area is 360 Å². The predicted octanol–water partition coefficient (Wildman–Crippen LogP) is 16.7. The quantitative estimate of drug-likeness (QED) is 0.134. The molecule has 0 saturated heterocycles. The van der Waals surface area contributed by atoms with Gasteiger partial charge in [0.1, 0.15) is 0 Å². The molecule has 0 aliphatic rings. The number of rotatable bonds is 6. The Balaban J connectivity index is 1.37. The summed E-state index contributed by atoms with van der Waals surface area (Å²) in [7, 11) is 0. The number of benzene rings is 12. The van der Waals surface area contributed by atoms with E-state index in [4.69, 9.17) is 5.73 Å². The summed E-state index contributed by atoms with van der Waals surface area (Å²) in [6.45, 7) is 0. The first-order valence-corrected chi connectivity index (χ1v) is 21.3. The summed E-state index contributed by atoms with van der Waals surface area (Å²) in [5.41, 5.74) is 18.4. The molecule has 0 aliphatic heterocycles. The van der Waals surface area contributed by atoms with E-state index >= 15 is 0 Å². The molecule has 290 valence electrons. The average Bonchev–Trinajstić information content (AvgIpc) is 3.35. The summed E-state index contributed by atoms with van der Waals surface area (Å²) < 4.78 is 0. The molecule has 0 heterocycles. The predicted molar refractivity (Wildman–Crippen MR) is 267 cm³/mol. The van der Waals surface area contributed by atoms with Crippen LogP contribution in [0.2, 0.25) is 0 Å². The van der Waals surface area contributed by atoms with Gasteiger partial charge in [0.15, 0.2) is 0 Å². The molecule has 0 bridgehead atoms. The minimum atomic E-state index is 0.802. The zero-order valence-corrected chi connectivity index (χ0v) is 34.0. The second-order valence-corrected chi connectivity index (χ2v) is 16.1. The van der Waals surface area contributed by atoms with Crippen LogP contribution in [0, 0.1) is 0 Å². The average molecular weight is 789 g/mol. The van der Waals surface area contributed by atoms with E-state index in [1.165, 1.54) is 60.1 Å². The molecule has 0 atom stereocenters. The molecule has 12 aromatic carbocycles. The first kappa shape index (κ1) is 35.7. The van der Waals surface area contributed by atoms with Crippen molar-refractivity contribution in [3.8, 4) is 33.4 Å². The molecule has 2 N–H and O–H groups in total. The van der Waals surface area contributed by atoms with Crippen LogP contribution < -0.4 is 10.6 Å². The number of nitrogens with zero attached hydrogens (tertiary/aromatic N) is 1. The van der Waals surface area contributed by atoms with Crippen LogP contribution in [0.4, 0.5) is 22.7 Å². The number of hydrogen-bond donors (Lipinski definition) is 1. The Bertz CT molecular complexity index is 3560. The summed E-state index contributed by atoms with van der Waals surface area (Å²) in [6, 6.07) is 83.9. The van der Waals surface area contributed by atoms with Gasteiger partial charge < -0.3 is 10.6 Å². The monoisotopic (exact) mass is 788 g/mol. The van der Waals surface area contributed by atoms with Crippen molar-refractivity contribution in [2.45, 2.75) is 0 Å². The van der Waals surface area contributed by atoms with Crippen LogP contribution >= 0.6 is 0 Å². The van der Waals surface area contributed by atoms with Gasteiger partial charge in [0.05, 0.1) is 17.1 Å². The number of nitrogen functional groups attached to an aromatic ring is 1. The van der Waals surface area contributed by atoms with Gasteiger partial charge in [0.2, 0.25) is 0 Å². The minimum absolute atomic E-state index is 0.802. The minimum Gasteiger partial charge on any atom is -0.398 e. The van der Waals surface area contributed by atoms with E-state index < -0.39 is 0 Å². The SMILES string of the molecule is Nc1c2ccccc2c(-c2c3ccccc3c(N(c3cccc4ccccc34)c3cccc4ccccc34)c3ccc(-c4ccccc4)c(-c4ccccc4)c23)c2ccccc12. The highest BCUT2D eigenvalue weighted by atomic mass is 15.1. The van der Waals surface area contributed by atoms with Gasteiger partial charge in [-0.15, -0.1) is 0 Å². The van der Waals surface area contributed by atoms with Gasteiger partial charge >= 0.3 is 0 Å². The number of hydrogen-bond acceptors (Lipinski definition) is 2. The van der Waals surface area contributed by atoms with E-state index in [-0.39, 0.29) is 0 Å². The Hall–Kier alpha value is -8.20. The largest absolute Gasteiger partial charge is 0.398 e. The summed E-state index contributed by atoms with van der Waals surface area (Å²) in [6.07, 6.45) is 0. The van der Waals surface area contributed by atoms with Gasteiger partial charge in [0, 0.05) is 43.4 Å². The van der Waals surface area contributed by atoms with Crippen LogP contribution in [-0.2, 0) is 0 Å². The molecule has 12 rings (SSSR count). The molecule has 62 heavy (non-hydrogen) atoms. The maximum atomic E-state index is 7.12.